The molecule has 1 aromatic rings. The minimum absolute atomic E-state index is 0.0723. The number of benzene rings is 1. The molecular weight excluding hydrogens is 379 g/mol. The molecule has 156 valence electrons. The molecule has 10 heteroatoms. The molecular formula is C18H24F3N3O4. The maximum Gasteiger partial charge on any atom is 0.416 e. The van der Waals surface area contributed by atoms with Crippen LogP contribution in [0.5, 0.6) is 0 Å². The average Bonchev–Trinajstić information content (AvgIpc) is 2.56. The first-order valence-electron chi connectivity index (χ1n) is 8.60. The number of primary amides is 1. The van der Waals surface area contributed by atoms with E-state index in [0.717, 1.165) is 23.1 Å². The van der Waals surface area contributed by atoms with Crippen LogP contribution in [0.2, 0.25) is 0 Å². The Morgan fingerprint density at radius 3 is 2.32 bits per heavy atom. The fourth-order valence-corrected chi connectivity index (χ4v) is 2.46. The van der Waals surface area contributed by atoms with Crippen molar-refractivity contribution in [2.75, 3.05) is 6.54 Å². The molecule has 0 aromatic heterocycles. The normalized spacial score (nSPS) is 12.9. The molecule has 0 saturated heterocycles. The lowest BCUT2D eigenvalue weighted by Gasteiger charge is -2.32. The second kappa shape index (κ2) is 8.94. The second-order valence-electron chi connectivity index (χ2n) is 6.83. The Bertz CT molecular complexity index is 735. The first-order valence-corrected chi connectivity index (χ1v) is 8.60. The summed E-state index contributed by atoms with van der Waals surface area (Å²) in [4.78, 5) is 36.8. The van der Waals surface area contributed by atoms with E-state index >= 15 is 0 Å². The molecule has 0 aliphatic rings. The molecule has 0 radical (unpaired) electrons. The van der Waals surface area contributed by atoms with Crippen molar-refractivity contribution in [3.8, 4) is 0 Å². The van der Waals surface area contributed by atoms with Crippen LogP contribution in [0.3, 0.4) is 0 Å². The van der Waals surface area contributed by atoms with Gasteiger partial charge in [0.25, 0.3) is 0 Å². The Kier molecular flexibility index (Phi) is 7.43. The van der Waals surface area contributed by atoms with E-state index in [1.165, 1.54) is 19.9 Å². The summed E-state index contributed by atoms with van der Waals surface area (Å²) >= 11 is 0. The van der Waals surface area contributed by atoms with Gasteiger partial charge in [-0.15, -0.1) is 0 Å². The molecule has 1 atom stereocenters. The number of hydrogen-bond donors (Lipinski definition) is 3. The zero-order valence-electron chi connectivity index (χ0n) is 15.8. The van der Waals surface area contributed by atoms with Gasteiger partial charge in [0.15, 0.2) is 0 Å². The van der Waals surface area contributed by atoms with E-state index < -0.39 is 41.2 Å². The number of hydrogen-bond acceptors (Lipinski definition) is 3. The van der Waals surface area contributed by atoms with E-state index in [1.54, 1.807) is 6.92 Å². The lowest BCUT2D eigenvalue weighted by molar-refractivity contribution is -0.138. The van der Waals surface area contributed by atoms with Gasteiger partial charge >= 0.3 is 12.3 Å². The molecule has 3 amide bonds. The van der Waals surface area contributed by atoms with E-state index in [2.05, 4.69) is 5.32 Å². The minimum Gasteiger partial charge on any atom is -0.465 e. The number of rotatable bonds is 8. The highest BCUT2D eigenvalue weighted by Gasteiger charge is 2.37. The van der Waals surface area contributed by atoms with Gasteiger partial charge < -0.3 is 16.2 Å². The van der Waals surface area contributed by atoms with Crippen LogP contribution in [-0.2, 0) is 15.8 Å². The second-order valence-corrected chi connectivity index (χ2v) is 6.83. The van der Waals surface area contributed by atoms with Crippen molar-refractivity contribution in [2.45, 2.75) is 51.4 Å². The number of unbranched alkanes of at least 4 members (excludes halogenated alkanes) is 1. The summed E-state index contributed by atoms with van der Waals surface area (Å²) in [5.41, 5.74) is 2.52. The summed E-state index contributed by atoms with van der Waals surface area (Å²) in [5, 5.41) is 11.9. The third-order valence-corrected chi connectivity index (χ3v) is 4.14. The van der Waals surface area contributed by atoms with Crippen molar-refractivity contribution in [3.05, 3.63) is 35.4 Å². The van der Waals surface area contributed by atoms with Gasteiger partial charge in [-0.1, -0.05) is 25.5 Å². The highest BCUT2D eigenvalue weighted by Crippen LogP contribution is 2.32. The molecule has 1 rings (SSSR count). The fraction of sp³-hybridized carbons (Fsp3) is 0.500. The highest BCUT2D eigenvalue weighted by atomic mass is 19.4. The molecule has 0 spiro atoms. The van der Waals surface area contributed by atoms with Gasteiger partial charge in [0.2, 0.25) is 11.8 Å². The third-order valence-electron chi connectivity index (χ3n) is 4.14. The van der Waals surface area contributed by atoms with Gasteiger partial charge in [0.05, 0.1) is 5.56 Å². The maximum atomic E-state index is 13.1. The standard InChI is InChI=1S/C18H24F3N3O4/c1-4-5-9-24(16(27)28)13(14(25)23-17(2,3)15(22)26)11-7-6-8-12(10-11)18(19,20)21/h6-8,10,13H,4-5,9H2,1-3H3,(H2,22,26)(H,23,25)(H,27,28). The van der Waals surface area contributed by atoms with Crippen molar-refractivity contribution in [3.63, 3.8) is 0 Å². The van der Waals surface area contributed by atoms with Gasteiger partial charge in [-0.05, 0) is 38.0 Å². The van der Waals surface area contributed by atoms with Gasteiger partial charge in [0.1, 0.15) is 11.6 Å². The first kappa shape index (κ1) is 23.3. The molecule has 1 aromatic carbocycles. The Morgan fingerprint density at radius 2 is 1.86 bits per heavy atom. The number of carboxylic acid groups (broad SMARTS) is 1. The van der Waals surface area contributed by atoms with E-state index in [1.807, 2.05) is 0 Å². The van der Waals surface area contributed by atoms with Crippen LogP contribution in [0.1, 0.15) is 50.8 Å². The lowest BCUT2D eigenvalue weighted by Crippen LogP contribution is -2.56. The topological polar surface area (TPSA) is 113 Å². The SMILES string of the molecule is CCCCN(C(=O)O)C(C(=O)NC(C)(C)C(N)=O)c1cccc(C(F)(F)F)c1. The summed E-state index contributed by atoms with van der Waals surface area (Å²) in [6.45, 7) is 4.36. The number of carbonyl (C=O) groups excluding carboxylic acids is 2. The van der Waals surface area contributed by atoms with E-state index in [9.17, 15) is 32.7 Å². The number of amides is 3. The Hall–Kier alpha value is -2.78. The number of nitrogens with one attached hydrogen (secondary N) is 1. The number of halogens is 3. The van der Waals surface area contributed by atoms with Crippen LogP contribution in [0, 0.1) is 0 Å². The maximum absolute atomic E-state index is 13.1. The van der Waals surface area contributed by atoms with Gasteiger partial charge in [-0.2, -0.15) is 13.2 Å². The molecule has 0 fully saturated rings. The monoisotopic (exact) mass is 403 g/mol. The molecule has 0 saturated carbocycles. The quantitative estimate of drug-likeness (QED) is 0.619. The van der Waals surface area contributed by atoms with Crippen LogP contribution in [-0.4, -0.2) is 40.0 Å². The molecule has 28 heavy (non-hydrogen) atoms. The molecule has 0 bridgehead atoms. The van der Waals surface area contributed by atoms with Crippen molar-refractivity contribution in [2.24, 2.45) is 5.73 Å². The predicted octanol–water partition coefficient (Wildman–Crippen LogP) is 2.91. The number of nitrogens with zero attached hydrogens (tertiary/aromatic N) is 1. The summed E-state index contributed by atoms with van der Waals surface area (Å²) < 4.78 is 39.2. The summed E-state index contributed by atoms with van der Waals surface area (Å²) in [6, 6.07) is 2.30. The Morgan fingerprint density at radius 1 is 1.25 bits per heavy atom. The van der Waals surface area contributed by atoms with Crippen LogP contribution in [0.15, 0.2) is 24.3 Å². The van der Waals surface area contributed by atoms with Gasteiger partial charge in [-0.25, -0.2) is 4.79 Å². The molecule has 0 aliphatic carbocycles. The van der Waals surface area contributed by atoms with Gasteiger partial charge in [0, 0.05) is 6.54 Å². The molecule has 1 unspecified atom stereocenters. The summed E-state index contributed by atoms with van der Waals surface area (Å²) in [7, 11) is 0. The zero-order chi connectivity index (χ0) is 21.7. The first-order chi connectivity index (χ1) is 12.8. The zero-order valence-corrected chi connectivity index (χ0v) is 15.8. The van der Waals surface area contributed by atoms with E-state index in [0.29, 0.717) is 12.8 Å². The lowest BCUT2D eigenvalue weighted by atomic mass is 9.98. The number of carbonyl (C=O) groups is 3. The van der Waals surface area contributed by atoms with Crippen LogP contribution in [0.4, 0.5) is 18.0 Å². The molecule has 0 aliphatic heterocycles. The Balaban J connectivity index is 3.45. The average molecular weight is 403 g/mol. The van der Waals surface area contributed by atoms with Crippen molar-refractivity contribution in [1.82, 2.24) is 10.2 Å². The van der Waals surface area contributed by atoms with Crippen molar-refractivity contribution >= 4 is 17.9 Å². The fourth-order valence-electron chi connectivity index (χ4n) is 2.46. The molecule has 7 nitrogen and oxygen atoms in total. The highest BCUT2D eigenvalue weighted by molar-refractivity contribution is 5.93. The smallest absolute Gasteiger partial charge is 0.416 e. The van der Waals surface area contributed by atoms with Crippen LogP contribution in [0.25, 0.3) is 0 Å². The summed E-state index contributed by atoms with van der Waals surface area (Å²) in [5.74, 6) is -1.82. The predicted molar refractivity (Wildman–Crippen MR) is 95.2 cm³/mol. The summed E-state index contributed by atoms with van der Waals surface area (Å²) in [6.07, 6.45) is -5.13. The largest absolute Gasteiger partial charge is 0.465 e. The van der Waals surface area contributed by atoms with E-state index in [4.69, 9.17) is 5.73 Å². The van der Waals surface area contributed by atoms with Crippen LogP contribution < -0.4 is 11.1 Å². The Labute approximate surface area is 160 Å². The minimum atomic E-state index is -4.67. The molecule has 4 N–H and O–H groups in total. The van der Waals surface area contributed by atoms with Crippen molar-refractivity contribution in [1.29, 1.82) is 0 Å². The van der Waals surface area contributed by atoms with E-state index in [-0.39, 0.29) is 12.1 Å². The van der Waals surface area contributed by atoms with Crippen LogP contribution >= 0.6 is 0 Å². The molecule has 0 heterocycles. The number of alkyl halides is 3. The van der Waals surface area contributed by atoms with Gasteiger partial charge in [-0.3, -0.25) is 14.5 Å². The number of nitrogens with two attached hydrogens (primary N) is 1. The third kappa shape index (κ3) is 5.86. The van der Waals surface area contributed by atoms with Crippen molar-refractivity contribution < 1.29 is 32.7 Å².